The Hall–Kier alpha value is -3.54. The molecule has 0 saturated carbocycles. The van der Waals surface area contributed by atoms with E-state index in [9.17, 15) is 9.59 Å². The summed E-state index contributed by atoms with van der Waals surface area (Å²) in [5.41, 5.74) is 3.70. The predicted molar refractivity (Wildman–Crippen MR) is 96.9 cm³/mol. The third-order valence-corrected chi connectivity index (χ3v) is 3.44. The average molecular weight is 332 g/mol. The molecular weight excluding hydrogens is 316 g/mol. The molecule has 25 heavy (non-hydrogen) atoms. The van der Waals surface area contributed by atoms with Gasteiger partial charge in [-0.2, -0.15) is 0 Å². The second-order valence-electron chi connectivity index (χ2n) is 5.39. The second-order valence-corrected chi connectivity index (χ2v) is 5.39. The van der Waals surface area contributed by atoms with Crippen molar-refractivity contribution in [3.05, 3.63) is 66.4 Å². The molecule has 2 aromatic carbocycles. The lowest BCUT2D eigenvalue weighted by Gasteiger charge is -2.08. The Morgan fingerprint density at radius 2 is 1.84 bits per heavy atom. The number of aldehydes is 1. The third-order valence-electron chi connectivity index (χ3n) is 3.44. The maximum absolute atomic E-state index is 11.1. The van der Waals surface area contributed by atoms with Crippen molar-refractivity contribution in [2.24, 2.45) is 0 Å². The molecule has 1 aromatic heterocycles. The number of rotatable bonds is 5. The van der Waals surface area contributed by atoms with Crippen molar-refractivity contribution in [2.75, 3.05) is 10.6 Å². The maximum Gasteiger partial charge on any atom is 0.227 e. The van der Waals surface area contributed by atoms with E-state index < -0.39 is 0 Å². The van der Waals surface area contributed by atoms with Gasteiger partial charge in [-0.15, -0.1) is 0 Å². The summed E-state index contributed by atoms with van der Waals surface area (Å²) in [5.74, 6) is 0.324. The van der Waals surface area contributed by atoms with Crippen molar-refractivity contribution in [3.63, 3.8) is 0 Å². The van der Waals surface area contributed by atoms with Gasteiger partial charge in [-0.1, -0.05) is 24.3 Å². The number of nitrogens with zero attached hydrogens (tertiary/aromatic N) is 2. The Morgan fingerprint density at radius 3 is 2.56 bits per heavy atom. The van der Waals surface area contributed by atoms with E-state index >= 15 is 0 Å². The highest BCUT2D eigenvalue weighted by molar-refractivity contribution is 5.88. The molecule has 3 aromatic rings. The summed E-state index contributed by atoms with van der Waals surface area (Å²) in [6, 6.07) is 16.3. The number of nitrogens with one attached hydrogen (secondary N) is 2. The van der Waals surface area contributed by atoms with Crippen LogP contribution in [0.3, 0.4) is 0 Å². The van der Waals surface area contributed by atoms with Crippen LogP contribution in [-0.4, -0.2) is 22.2 Å². The number of carbonyl (C=O) groups excluding carboxylic acids is 2. The third kappa shape index (κ3) is 4.26. The Morgan fingerprint density at radius 1 is 1.04 bits per heavy atom. The molecule has 0 unspecified atom stereocenters. The summed E-state index contributed by atoms with van der Waals surface area (Å²) < 4.78 is 0. The van der Waals surface area contributed by atoms with Crippen molar-refractivity contribution < 1.29 is 9.59 Å². The normalized spacial score (nSPS) is 10.1. The fourth-order valence-electron chi connectivity index (χ4n) is 2.33. The molecule has 0 atom stereocenters. The van der Waals surface area contributed by atoms with E-state index in [-0.39, 0.29) is 5.91 Å². The Labute approximate surface area is 145 Å². The van der Waals surface area contributed by atoms with Gasteiger partial charge in [-0.25, -0.2) is 9.97 Å². The first-order valence-corrected chi connectivity index (χ1v) is 7.67. The van der Waals surface area contributed by atoms with Crippen LogP contribution in [0.1, 0.15) is 17.3 Å². The Balaban J connectivity index is 1.81. The number of hydrogen-bond acceptors (Lipinski definition) is 5. The summed E-state index contributed by atoms with van der Waals surface area (Å²) in [5, 5.41) is 5.81. The lowest BCUT2D eigenvalue weighted by atomic mass is 10.1. The zero-order valence-electron chi connectivity index (χ0n) is 13.6. The van der Waals surface area contributed by atoms with Crippen LogP contribution in [0, 0.1) is 0 Å². The second kappa shape index (κ2) is 7.35. The van der Waals surface area contributed by atoms with Crippen LogP contribution in [0.15, 0.2) is 60.8 Å². The summed E-state index contributed by atoms with van der Waals surface area (Å²) in [6.07, 6.45) is 2.45. The molecule has 0 aliphatic heterocycles. The quantitative estimate of drug-likeness (QED) is 0.697. The standard InChI is InChI=1S/C19H16N4O2/c1-13(25)21-16-7-5-15(6-8-16)18-9-10-20-19(23-18)22-17-4-2-3-14(11-17)12-24/h2-12H,1H3,(H,21,25)(H,20,22,23). The SMILES string of the molecule is CC(=O)Nc1ccc(-c2ccnc(Nc3cccc(C=O)c3)n2)cc1. The summed E-state index contributed by atoms with van der Waals surface area (Å²) in [7, 11) is 0. The number of anilines is 3. The van der Waals surface area contributed by atoms with Crippen molar-refractivity contribution in [2.45, 2.75) is 6.92 Å². The van der Waals surface area contributed by atoms with Crippen LogP contribution in [0.2, 0.25) is 0 Å². The van der Waals surface area contributed by atoms with Gasteiger partial charge in [0.2, 0.25) is 11.9 Å². The summed E-state index contributed by atoms with van der Waals surface area (Å²) >= 11 is 0. The van der Waals surface area contributed by atoms with Gasteiger partial charge in [0.25, 0.3) is 0 Å². The zero-order valence-corrected chi connectivity index (χ0v) is 13.6. The van der Waals surface area contributed by atoms with Gasteiger partial charge in [0.15, 0.2) is 0 Å². The Kier molecular flexibility index (Phi) is 4.80. The molecule has 2 N–H and O–H groups in total. The molecule has 0 fully saturated rings. The highest BCUT2D eigenvalue weighted by atomic mass is 16.1. The molecule has 0 saturated heterocycles. The molecule has 0 aliphatic carbocycles. The molecule has 3 rings (SSSR count). The van der Waals surface area contributed by atoms with Crippen molar-refractivity contribution >= 4 is 29.5 Å². The van der Waals surface area contributed by atoms with Gasteiger partial charge in [-0.3, -0.25) is 9.59 Å². The molecule has 1 heterocycles. The van der Waals surface area contributed by atoms with Gasteiger partial charge < -0.3 is 10.6 Å². The topological polar surface area (TPSA) is 84.0 Å². The van der Waals surface area contributed by atoms with Gasteiger partial charge in [0.1, 0.15) is 6.29 Å². The van der Waals surface area contributed by atoms with E-state index in [2.05, 4.69) is 20.6 Å². The number of hydrogen-bond donors (Lipinski definition) is 2. The number of carbonyl (C=O) groups is 2. The number of aromatic nitrogens is 2. The monoisotopic (exact) mass is 332 g/mol. The van der Waals surface area contributed by atoms with Gasteiger partial charge in [-0.05, 0) is 30.3 Å². The first-order chi connectivity index (χ1) is 12.1. The van der Waals surface area contributed by atoms with Crippen molar-refractivity contribution in [1.82, 2.24) is 9.97 Å². The molecule has 124 valence electrons. The zero-order chi connectivity index (χ0) is 17.6. The average Bonchev–Trinajstić information content (AvgIpc) is 2.62. The summed E-state index contributed by atoms with van der Waals surface area (Å²) in [4.78, 5) is 30.6. The lowest BCUT2D eigenvalue weighted by molar-refractivity contribution is -0.114. The summed E-state index contributed by atoms with van der Waals surface area (Å²) in [6.45, 7) is 1.47. The predicted octanol–water partition coefficient (Wildman–Crippen LogP) is 3.66. The van der Waals surface area contributed by atoms with Gasteiger partial charge in [0, 0.05) is 35.6 Å². The van der Waals surface area contributed by atoms with Crippen molar-refractivity contribution in [3.8, 4) is 11.3 Å². The Bertz CT molecular complexity index is 907. The fourth-order valence-corrected chi connectivity index (χ4v) is 2.33. The molecule has 0 aliphatic rings. The first-order valence-electron chi connectivity index (χ1n) is 7.67. The van der Waals surface area contributed by atoms with E-state index in [1.807, 2.05) is 30.3 Å². The molecule has 6 nitrogen and oxygen atoms in total. The minimum absolute atomic E-state index is 0.112. The van der Waals surface area contributed by atoms with E-state index in [1.165, 1.54) is 6.92 Å². The minimum atomic E-state index is -0.112. The van der Waals surface area contributed by atoms with E-state index in [0.29, 0.717) is 11.5 Å². The molecule has 6 heteroatoms. The maximum atomic E-state index is 11.1. The lowest BCUT2D eigenvalue weighted by Crippen LogP contribution is -2.05. The number of benzene rings is 2. The van der Waals surface area contributed by atoms with E-state index in [4.69, 9.17) is 0 Å². The van der Waals surface area contributed by atoms with Crippen molar-refractivity contribution in [1.29, 1.82) is 0 Å². The van der Waals surface area contributed by atoms with Crippen LogP contribution >= 0.6 is 0 Å². The minimum Gasteiger partial charge on any atom is -0.326 e. The van der Waals surface area contributed by atoms with Crippen LogP contribution in [0.4, 0.5) is 17.3 Å². The smallest absolute Gasteiger partial charge is 0.227 e. The van der Waals surface area contributed by atoms with E-state index in [1.54, 1.807) is 30.5 Å². The van der Waals surface area contributed by atoms with Crippen LogP contribution in [-0.2, 0) is 4.79 Å². The highest BCUT2D eigenvalue weighted by Gasteiger charge is 2.04. The fraction of sp³-hybridized carbons (Fsp3) is 0.0526. The first kappa shape index (κ1) is 16.3. The molecule has 0 spiro atoms. The van der Waals surface area contributed by atoms with Crippen LogP contribution in [0.25, 0.3) is 11.3 Å². The molecule has 0 radical (unpaired) electrons. The van der Waals surface area contributed by atoms with Gasteiger partial charge >= 0.3 is 0 Å². The highest BCUT2D eigenvalue weighted by Crippen LogP contribution is 2.21. The number of amides is 1. The van der Waals surface area contributed by atoms with Crippen LogP contribution in [0.5, 0.6) is 0 Å². The largest absolute Gasteiger partial charge is 0.326 e. The van der Waals surface area contributed by atoms with Crippen LogP contribution < -0.4 is 10.6 Å². The molecular formula is C19H16N4O2. The molecule has 1 amide bonds. The van der Waals surface area contributed by atoms with Gasteiger partial charge in [0.05, 0.1) is 5.69 Å². The molecule has 0 bridgehead atoms. The van der Waals surface area contributed by atoms with E-state index in [0.717, 1.165) is 28.9 Å².